The molecule has 0 bridgehead atoms. The van der Waals surface area contributed by atoms with Gasteiger partial charge in [0.05, 0.1) is 26.9 Å². The number of carbonyl (C=O) groups is 2. The van der Waals surface area contributed by atoms with Gasteiger partial charge in [0, 0.05) is 62.7 Å². The molecule has 10 heteroatoms. The number of aryl methyl sites for hydroxylation is 1. The summed E-state index contributed by atoms with van der Waals surface area (Å²) in [5, 5.41) is 14.8. The first-order valence-electron chi connectivity index (χ1n) is 14.0. The number of nitrogens with one attached hydrogen (secondary N) is 1. The number of piperazine rings is 1. The number of carbonyl (C=O) groups excluding carboxylic acids is 2. The van der Waals surface area contributed by atoms with E-state index in [1.807, 2.05) is 42.2 Å². The van der Waals surface area contributed by atoms with E-state index in [1.54, 1.807) is 18.2 Å². The third-order valence-electron chi connectivity index (χ3n) is 8.05. The second-order valence-corrected chi connectivity index (χ2v) is 11.2. The number of nitrogens with zero attached hydrogens (tertiary/aromatic N) is 4. The van der Waals surface area contributed by atoms with E-state index >= 15 is 0 Å². The van der Waals surface area contributed by atoms with Crippen molar-refractivity contribution < 1.29 is 14.5 Å². The topological polar surface area (TPSA) is 99.0 Å². The van der Waals surface area contributed by atoms with Gasteiger partial charge in [-0.2, -0.15) is 0 Å². The fourth-order valence-corrected chi connectivity index (χ4v) is 5.82. The molecule has 3 aromatic carbocycles. The first-order valence-corrected chi connectivity index (χ1v) is 14.3. The summed E-state index contributed by atoms with van der Waals surface area (Å²) in [6.45, 7) is 8.16. The number of hydrogen-bond acceptors (Lipinski definition) is 6. The van der Waals surface area contributed by atoms with Gasteiger partial charge in [0.1, 0.15) is 0 Å². The van der Waals surface area contributed by atoms with Gasteiger partial charge in [0.2, 0.25) is 0 Å². The van der Waals surface area contributed by atoms with E-state index in [4.69, 9.17) is 11.6 Å². The number of hydrogen-bond donors (Lipinski definition) is 1. The number of non-ortho nitro benzene ring substituents is 1. The monoisotopic (exact) mass is 575 g/mol. The highest BCUT2D eigenvalue weighted by Gasteiger charge is 2.26. The van der Waals surface area contributed by atoms with Crippen molar-refractivity contribution in [3.8, 4) is 0 Å². The summed E-state index contributed by atoms with van der Waals surface area (Å²) in [5.41, 5.74) is 3.85. The summed E-state index contributed by atoms with van der Waals surface area (Å²) in [4.78, 5) is 43.5. The SMILES string of the molecule is Cc1ccccc1C(=O)N1CCN(c2ccc(NC(=O)c3cc([N+](=O)[O-])ccc3N3CCC(C)CC3)cc2Cl)CC1. The zero-order valence-corrected chi connectivity index (χ0v) is 24.1. The molecule has 3 aromatic rings. The van der Waals surface area contributed by atoms with Crippen LogP contribution < -0.4 is 15.1 Å². The van der Waals surface area contributed by atoms with E-state index in [1.165, 1.54) is 12.1 Å². The normalized spacial score (nSPS) is 16.0. The molecule has 41 heavy (non-hydrogen) atoms. The molecule has 1 N–H and O–H groups in total. The highest BCUT2D eigenvalue weighted by molar-refractivity contribution is 6.33. The molecule has 0 saturated carbocycles. The van der Waals surface area contributed by atoms with Gasteiger partial charge in [-0.25, -0.2) is 0 Å². The van der Waals surface area contributed by atoms with Crippen LogP contribution in [-0.4, -0.2) is 60.9 Å². The summed E-state index contributed by atoms with van der Waals surface area (Å²) in [5.74, 6) is 0.222. The van der Waals surface area contributed by atoms with Crippen LogP contribution in [0.5, 0.6) is 0 Å². The van der Waals surface area contributed by atoms with Crippen LogP contribution >= 0.6 is 11.6 Å². The number of piperidine rings is 1. The maximum absolute atomic E-state index is 13.4. The van der Waals surface area contributed by atoms with Crippen molar-refractivity contribution in [2.45, 2.75) is 26.7 Å². The van der Waals surface area contributed by atoms with E-state index in [2.05, 4.69) is 22.0 Å². The molecule has 5 rings (SSSR count). The molecule has 2 aliphatic rings. The fraction of sp³-hybridized carbons (Fsp3) is 0.355. The molecule has 2 aliphatic heterocycles. The average molecular weight is 576 g/mol. The van der Waals surface area contributed by atoms with Crippen molar-refractivity contribution in [1.29, 1.82) is 0 Å². The number of nitro benzene ring substituents is 1. The molecule has 0 aliphatic carbocycles. The number of nitro groups is 1. The Morgan fingerprint density at radius 2 is 1.54 bits per heavy atom. The van der Waals surface area contributed by atoms with Crippen molar-refractivity contribution in [2.24, 2.45) is 5.92 Å². The summed E-state index contributed by atoms with van der Waals surface area (Å²) in [7, 11) is 0. The number of benzene rings is 3. The second kappa shape index (κ2) is 12.2. The summed E-state index contributed by atoms with van der Waals surface area (Å²) in [6, 6.07) is 17.4. The number of amides is 2. The van der Waals surface area contributed by atoms with Crippen molar-refractivity contribution in [3.05, 3.63) is 92.5 Å². The standard InChI is InChI=1S/C31H34ClN5O4/c1-21-11-13-34(14-12-21)28-10-8-24(37(40)41)20-26(28)30(38)33-23-7-9-29(27(32)19-23)35-15-17-36(18-16-35)31(39)25-6-4-3-5-22(25)2/h3-10,19-21H,11-18H2,1-2H3,(H,33,38). The molecular formula is C31H34ClN5O4. The summed E-state index contributed by atoms with van der Waals surface area (Å²) < 4.78 is 0. The third-order valence-corrected chi connectivity index (χ3v) is 8.35. The molecule has 2 amide bonds. The fourth-order valence-electron chi connectivity index (χ4n) is 5.52. The van der Waals surface area contributed by atoms with Crippen LogP contribution in [0.1, 0.15) is 46.0 Å². The lowest BCUT2D eigenvalue weighted by molar-refractivity contribution is -0.384. The highest BCUT2D eigenvalue weighted by atomic mass is 35.5. The molecule has 2 fully saturated rings. The Morgan fingerprint density at radius 3 is 2.20 bits per heavy atom. The van der Waals surface area contributed by atoms with Crippen LogP contribution in [-0.2, 0) is 0 Å². The van der Waals surface area contributed by atoms with E-state index in [-0.39, 0.29) is 17.2 Å². The Kier molecular flexibility index (Phi) is 8.44. The second-order valence-electron chi connectivity index (χ2n) is 10.8. The highest BCUT2D eigenvalue weighted by Crippen LogP contribution is 2.32. The molecule has 0 unspecified atom stereocenters. The molecule has 0 radical (unpaired) electrons. The van der Waals surface area contributed by atoms with Gasteiger partial charge >= 0.3 is 0 Å². The van der Waals surface area contributed by atoms with E-state index in [0.29, 0.717) is 48.5 Å². The van der Waals surface area contributed by atoms with Gasteiger partial charge < -0.3 is 20.0 Å². The van der Waals surface area contributed by atoms with Gasteiger partial charge in [-0.05, 0) is 61.6 Å². The first kappa shape index (κ1) is 28.4. The lowest BCUT2D eigenvalue weighted by atomic mass is 9.98. The average Bonchev–Trinajstić information content (AvgIpc) is 2.97. The zero-order chi connectivity index (χ0) is 29.1. The van der Waals surface area contributed by atoms with E-state index in [9.17, 15) is 19.7 Å². The maximum atomic E-state index is 13.4. The predicted octanol–water partition coefficient (Wildman–Crippen LogP) is 6.01. The first-order chi connectivity index (χ1) is 19.7. The van der Waals surface area contributed by atoms with Crippen molar-refractivity contribution >= 4 is 46.2 Å². The van der Waals surface area contributed by atoms with E-state index < -0.39 is 10.8 Å². The number of halogens is 1. The lowest BCUT2D eigenvalue weighted by Crippen LogP contribution is -2.49. The van der Waals surface area contributed by atoms with Crippen LogP contribution in [0, 0.1) is 23.0 Å². The smallest absolute Gasteiger partial charge is 0.270 e. The van der Waals surface area contributed by atoms with Crippen molar-refractivity contribution in [1.82, 2.24) is 4.90 Å². The van der Waals surface area contributed by atoms with Gasteiger partial charge in [-0.3, -0.25) is 19.7 Å². The Hall–Kier alpha value is -4.11. The summed E-state index contributed by atoms with van der Waals surface area (Å²) >= 11 is 6.67. The Morgan fingerprint density at radius 1 is 0.878 bits per heavy atom. The molecule has 0 spiro atoms. The molecular weight excluding hydrogens is 542 g/mol. The third kappa shape index (κ3) is 6.30. The van der Waals surface area contributed by atoms with E-state index in [0.717, 1.165) is 42.7 Å². The van der Waals surface area contributed by atoms with Crippen molar-refractivity contribution in [3.63, 3.8) is 0 Å². The van der Waals surface area contributed by atoms with Gasteiger partial charge in [0.25, 0.3) is 17.5 Å². The minimum Gasteiger partial charge on any atom is -0.371 e. The maximum Gasteiger partial charge on any atom is 0.270 e. The lowest BCUT2D eigenvalue weighted by Gasteiger charge is -2.36. The quantitative estimate of drug-likeness (QED) is 0.285. The van der Waals surface area contributed by atoms with Crippen LogP contribution in [0.4, 0.5) is 22.7 Å². The Balaban J connectivity index is 1.27. The molecule has 2 heterocycles. The zero-order valence-electron chi connectivity index (χ0n) is 23.3. The van der Waals surface area contributed by atoms with Gasteiger partial charge in [-0.15, -0.1) is 0 Å². The minimum atomic E-state index is -0.487. The molecule has 0 aromatic heterocycles. The van der Waals surface area contributed by atoms with Crippen molar-refractivity contribution in [2.75, 3.05) is 54.4 Å². The van der Waals surface area contributed by atoms with Crippen LogP contribution in [0.25, 0.3) is 0 Å². The van der Waals surface area contributed by atoms with Crippen LogP contribution in [0.15, 0.2) is 60.7 Å². The molecule has 2 saturated heterocycles. The predicted molar refractivity (Wildman–Crippen MR) is 162 cm³/mol. The number of rotatable bonds is 6. The van der Waals surface area contributed by atoms with Gasteiger partial charge in [-0.1, -0.05) is 36.7 Å². The Labute approximate surface area is 244 Å². The summed E-state index contributed by atoms with van der Waals surface area (Å²) in [6.07, 6.45) is 2.01. The van der Waals surface area contributed by atoms with Crippen LogP contribution in [0.3, 0.4) is 0 Å². The minimum absolute atomic E-state index is 0.0338. The molecule has 214 valence electrons. The van der Waals surface area contributed by atoms with Gasteiger partial charge in [0.15, 0.2) is 0 Å². The van der Waals surface area contributed by atoms with Crippen LogP contribution in [0.2, 0.25) is 5.02 Å². The molecule has 9 nitrogen and oxygen atoms in total. The largest absolute Gasteiger partial charge is 0.371 e. The molecule has 0 atom stereocenters. The Bertz CT molecular complexity index is 1460. The number of anilines is 3.